The Balaban J connectivity index is 2.01. The summed E-state index contributed by atoms with van der Waals surface area (Å²) in [6.45, 7) is 4.43. The van der Waals surface area contributed by atoms with Gasteiger partial charge >= 0.3 is 0 Å². The summed E-state index contributed by atoms with van der Waals surface area (Å²) in [4.78, 5) is 4.20. The van der Waals surface area contributed by atoms with Gasteiger partial charge in [0, 0.05) is 6.42 Å². The summed E-state index contributed by atoms with van der Waals surface area (Å²) in [5.41, 5.74) is 1.19. The number of aryl methyl sites for hydroxylation is 2. The van der Waals surface area contributed by atoms with E-state index in [0.29, 0.717) is 18.3 Å². The third-order valence-electron chi connectivity index (χ3n) is 2.52. The molecule has 0 unspecified atom stereocenters. The van der Waals surface area contributed by atoms with Crippen molar-refractivity contribution >= 4 is 0 Å². The van der Waals surface area contributed by atoms with E-state index in [-0.39, 0.29) is 0 Å². The minimum absolute atomic E-state index is 0.348. The second-order valence-corrected chi connectivity index (χ2v) is 3.71. The van der Waals surface area contributed by atoms with E-state index in [9.17, 15) is 0 Å². The average molecular weight is 232 g/mol. The number of nitrogens with zero attached hydrogens (tertiary/aromatic N) is 2. The first-order valence-electron chi connectivity index (χ1n) is 5.85. The molecule has 0 aliphatic rings. The standard InChI is InChI=1S/C13H16N2O2/c1-3-10-7-5-6-8-11(10)16-9-12-14-13(4-2)17-15-12/h5-8H,3-4,9H2,1-2H3. The largest absolute Gasteiger partial charge is 0.485 e. The van der Waals surface area contributed by atoms with Crippen molar-refractivity contribution < 1.29 is 9.26 Å². The molecule has 0 spiro atoms. The normalized spacial score (nSPS) is 10.5. The molecule has 0 amide bonds. The Morgan fingerprint density at radius 2 is 2.00 bits per heavy atom. The van der Waals surface area contributed by atoms with Gasteiger partial charge < -0.3 is 9.26 Å². The lowest BCUT2D eigenvalue weighted by molar-refractivity contribution is 0.283. The molecule has 0 aliphatic heterocycles. The lowest BCUT2D eigenvalue weighted by atomic mass is 10.1. The van der Waals surface area contributed by atoms with Gasteiger partial charge in [0.05, 0.1) is 0 Å². The van der Waals surface area contributed by atoms with Crippen LogP contribution in [-0.4, -0.2) is 10.1 Å². The van der Waals surface area contributed by atoms with Gasteiger partial charge in [-0.3, -0.25) is 0 Å². The first kappa shape index (κ1) is 11.6. The number of hydrogen-bond donors (Lipinski definition) is 0. The van der Waals surface area contributed by atoms with E-state index in [4.69, 9.17) is 9.26 Å². The Morgan fingerprint density at radius 3 is 2.71 bits per heavy atom. The fourth-order valence-electron chi connectivity index (χ4n) is 1.57. The molecule has 1 aromatic carbocycles. The lowest BCUT2D eigenvalue weighted by Gasteiger charge is -2.07. The van der Waals surface area contributed by atoms with Gasteiger partial charge in [0.25, 0.3) is 0 Å². The maximum atomic E-state index is 5.69. The van der Waals surface area contributed by atoms with Crippen LogP contribution in [0.1, 0.15) is 31.1 Å². The van der Waals surface area contributed by atoms with Gasteiger partial charge in [-0.2, -0.15) is 4.98 Å². The molecule has 0 bridgehead atoms. The molecule has 0 atom stereocenters. The zero-order chi connectivity index (χ0) is 12.1. The van der Waals surface area contributed by atoms with Gasteiger partial charge in [0.1, 0.15) is 5.75 Å². The zero-order valence-corrected chi connectivity index (χ0v) is 10.1. The summed E-state index contributed by atoms with van der Waals surface area (Å²) in [5, 5.41) is 3.85. The number of benzene rings is 1. The molecule has 0 aliphatic carbocycles. The van der Waals surface area contributed by atoms with E-state index in [1.165, 1.54) is 5.56 Å². The van der Waals surface area contributed by atoms with Crippen molar-refractivity contribution in [3.63, 3.8) is 0 Å². The molecule has 0 radical (unpaired) electrons. The Hall–Kier alpha value is -1.84. The summed E-state index contributed by atoms with van der Waals surface area (Å²) < 4.78 is 10.7. The first-order chi connectivity index (χ1) is 8.33. The lowest BCUT2D eigenvalue weighted by Crippen LogP contribution is -2.00. The molecular formula is C13H16N2O2. The van der Waals surface area contributed by atoms with Crippen molar-refractivity contribution in [2.45, 2.75) is 33.3 Å². The van der Waals surface area contributed by atoms with Gasteiger partial charge in [0.15, 0.2) is 6.61 Å². The molecular weight excluding hydrogens is 216 g/mol. The molecule has 0 saturated carbocycles. The minimum Gasteiger partial charge on any atom is -0.485 e. The molecule has 1 aromatic heterocycles. The molecule has 90 valence electrons. The topological polar surface area (TPSA) is 48.2 Å². The molecule has 0 fully saturated rings. The highest BCUT2D eigenvalue weighted by molar-refractivity contribution is 5.33. The Kier molecular flexibility index (Phi) is 3.75. The molecule has 0 N–H and O–H groups in total. The molecule has 2 rings (SSSR count). The van der Waals surface area contributed by atoms with Crippen LogP contribution in [0.2, 0.25) is 0 Å². The summed E-state index contributed by atoms with van der Waals surface area (Å²) in [6, 6.07) is 7.99. The van der Waals surface area contributed by atoms with Gasteiger partial charge in [-0.15, -0.1) is 0 Å². The van der Waals surface area contributed by atoms with Gasteiger partial charge in [-0.05, 0) is 18.1 Å². The monoisotopic (exact) mass is 232 g/mol. The van der Waals surface area contributed by atoms with E-state index < -0.39 is 0 Å². The molecule has 17 heavy (non-hydrogen) atoms. The Labute approximate surface area is 101 Å². The van der Waals surface area contributed by atoms with Gasteiger partial charge in [-0.1, -0.05) is 37.2 Å². The second kappa shape index (κ2) is 5.48. The van der Waals surface area contributed by atoms with Crippen molar-refractivity contribution in [2.75, 3.05) is 0 Å². The number of rotatable bonds is 5. The van der Waals surface area contributed by atoms with E-state index in [1.807, 2.05) is 25.1 Å². The van der Waals surface area contributed by atoms with Crippen LogP contribution in [0.15, 0.2) is 28.8 Å². The highest BCUT2D eigenvalue weighted by atomic mass is 16.5. The first-order valence-corrected chi connectivity index (χ1v) is 5.85. The average Bonchev–Trinajstić information content (AvgIpc) is 2.84. The maximum absolute atomic E-state index is 5.69. The van der Waals surface area contributed by atoms with Gasteiger partial charge in [0.2, 0.25) is 11.7 Å². The smallest absolute Gasteiger partial charge is 0.226 e. The van der Waals surface area contributed by atoms with Crippen LogP contribution >= 0.6 is 0 Å². The predicted octanol–water partition coefficient (Wildman–Crippen LogP) is 2.77. The number of hydrogen-bond acceptors (Lipinski definition) is 4. The van der Waals surface area contributed by atoms with Crippen LogP contribution in [0.4, 0.5) is 0 Å². The summed E-state index contributed by atoms with van der Waals surface area (Å²) >= 11 is 0. The van der Waals surface area contributed by atoms with E-state index >= 15 is 0 Å². The van der Waals surface area contributed by atoms with Crippen molar-refractivity contribution in [2.24, 2.45) is 0 Å². The van der Waals surface area contributed by atoms with E-state index in [2.05, 4.69) is 23.1 Å². The highest BCUT2D eigenvalue weighted by Crippen LogP contribution is 2.19. The molecule has 4 nitrogen and oxygen atoms in total. The van der Waals surface area contributed by atoms with Crippen LogP contribution in [-0.2, 0) is 19.4 Å². The summed E-state index contributed by atoms with van der Waals surface area (Å²) in [7, 11) is 0. The second-order valence-electron chi connectivity index (χ2n) is 3.71. The number of ether oxygens (including phenoxy) is 1. The van der Waals surface area contributed by atoms with Crippen LogP contribution < -0.4 is 4.74 Å². The highest BCUT2D eigenvalue weighted by Gasteiger charge is 2.06. The van der Waals surface area contributed by atoms with Crippen molar-refractivity contribution in [3.05, 3.63) is 41.5 Å². The molecule has 2 aromatic rings. The molecule has 4 heteroatoms. The van der Waals surface area contributed by atoms with Crippen molar-refractivity contribution in [1.82, 2.24) is 10.1 Å². The summed E-state index contributed by atoms with van der Waals surface area (Å²) in [5.74, 6) is 2.12. The Bertz CT molecular complexity index is 480. The number of para-hydroxylation sites is 1. The number of aromatic nitrogens is 2. The predicted molar refractivity (Wildman–Crippen MR) is 63.8 cm³/mol. The van der Waals surface area contributed by atoms with Crippen molar-refractivity contribution in [3.8, 4) is 5.75 Å². The van der Waals surface area contributed by atoms with Crippen LogP contribution in [0.25, 0.3) is 0 Å². The van der Waals surface area contributed by atoms with Gasteiger partial charge in [-0.25, -0.2) is 0 Å². The Morgan fingerprint density at radius 1 is 1.18 bits per heavy atom. The van der Waals surface area contributed by atoms with Crippen molar-refractivity contribution in [1.29, 1.82) is 0 Å². The quantitative estimate of drug-likeness (QED) is 0.795. The minimum atomic E-state index is 0.348. The SMILES string of the molecule is CCc1nc(COc2ccccc2CC)no1. The molecule has 1 heterocycles. The van der Waals surface area contributed by atoms with Crippen LogP contribution in [0.3, 0.4) is 0 Å². The van der Waals surface area contributed by atoms with Crippen LogP contribution in [0, 0.1) is 0 Å². The zero-order valence-electron chi connectivity index (χ0n) is 10.1. The fraction of sp³-hybridized carbons (Fsp3) is 0.385. The fourth-order valence-corrected chi connectivity index (χ4v) is 1.57. The maximum Gasteiger partial charge on any atom is 0.226 e. The third-order valence-corrected chi connectivity index (χ3v) is 2.52. The van der Waals surface area contributed by atoms with E-state index in [0.717, 1.165) is 18.6 Å². The third kappa shape index (κ3) is 2.84. The summed E-state index contributed by atoms with van der Waals surface area (Å²) in [6.07, 6.45) is 1.70. The van der Waals surface area contributed by atoms with Crippen LogP contribution in [0.5, 0.6) is 5.75 Å². The molecule has 0 saturated heterocycles. The van der Waals surface area contributed by atoms with E-state index in [1.54, 1.807) is 0 Å².